The van der Waals surface area contributed by atoms with Gasteiger partial charge in [-0.15, -0.1) is 0 Å². The zero-order valence-electron chi connectivity index (χ0n) is 14.9. The molecule has 4 rings (SSSR count). The van der Waals surface area contributed by atoms with Crippen molar-refractivity contribution in [2.45, 2.75) is 57.2 Å². The quantitative estimate of drug-likeness (QED) is 0.903. The summed E-state index contributed by atoms with van der Waals surface area (Å²) in [6.45, 7) is 4.12. The molecule has 2 heterocycles. The van der Waals surface area contributed by atoms with Crippen molar-refractivity contribution in [3.05, 3.63) is 35.4 Å². The zero-order chi connectivity index (χ0) is 17.4. The van der Waals surface area contributed by atoms with E-state index in [0.29, 0.717) is 18.5 Å². The first-order valence-electron chi connectivity index (χ1n) is 9.48. The van der Waals surface area contributed by atoms with Gasteiger partial charge >= 0.3 is 0 Å². The maximum Gasteiger partial charge on any atom is 0.224 e. The van der Waals surface area contributed by atoms with Crippen LogP contribution in [0.5, 0.6) is 0 Å². The second-order valence-corrected chi connectivity index (χ2v) is 7.72. The van der Waals surface area contributed by atoms with Crippen molar-refractivity contribution in [2.24, 2.45) is 0 Å². The lowest BCUT2D eigenvalue weighted by Crippen LogP contribution is -2.48. The fourth-order valence-corrected chi connectivity index (χ4v) is 4.65. The molecular formula is C20H27N3O2. The van der Waals surface area contributed by atoms with E-state index >= 15 is 0 Å². The van der Waals surface area contributed by atoms with E-state index in [1.807, 2.05) is 4.90 Å². The fraction of sp³-hybridized carbons (Fsp3) is 0.600. The number of hydrogen-bond donors (Lipinski definition) is 1. The van der Waals surface area contributed by atoms with Gasteiger partial charge in [0.2, 0.25) is 11.8 Å². The highest BCUT2D eigenvalue weighted by molar-refractivity contribution is 5.80. The number of benzene rings is 1. The molecular weight excluding hydrogens is 314 g/mol. The first-order valence-corrected chi connectivity index (χ1v) is 9.48. The molecule has 134 valence electrons. The van der Waals surface area contributed by atoms with Gasteiger partial charge in [0.15, 0.2) is 0 Å². The van der Waals surface area contributed by atoms with Gasteiger partial charge in [-0.3, -0.25) is 9.59 Å². The Morgan fingerprint density at radius 2 is 1.68 bits per heavy atom. The number of amides is 2. The van der Waals surface area contributed by atoms with Crippen molar-refractivity contribution in [2.75, 3.05) is 19.6 Å². The van der Waals surface area contributed by atoms with Crippen LogP contribution in [0.4, 0.5) is 0 Å². The van der Waals surface area contributed by atoms with E-state index in [1.165, 1.54) is 11.1 Å². The molecule has 1 atom stereocenters. The molecule has 2 saturated heterocycles. The summed E-state index contributed by atoms with van der Waals surface area (Å²) in [4.78, 5) is 28.0. The number of hydrogen-bond acceptors (Lipinski definition) is 3. The Kier molecular flexibility index (Phi) is 4.50. The minimum atomic E-state index is 0.168. The number of likely N-dealkylation sites (tertiary alicyclic amines) is 2. The van der Waals surface area contributed by atoms with Gasteiger partial charge in [0.1, 0.15) is 0 Å². The topological polar surface area (TPSA) is 52.7 Å². The zero-order valence-corrected chi connectivity index (χ0v) is 14.9. The third-order valence-electron chi connectivity index (χ3n) is 6.04. The van der Waals surface area contributed by atoms with Crippen LogP contribution in [0, 0.1) is 0 Å². The van der Waals surface area contributed by atoms with Crippen LogP contribution in [0.15, 0.2) is 24.3 Å². The summed E-state index contributed by atoms with van der Waals surface area (Å²) in [5.41, 5.74) is 2.79. The van der Waals surface area contributed by atoms with Crippen molar-refractivity contribution in [3.8, 4) is 0 Å². The molecule has 25 heavy (non-hydrogen) atoms. The lowest BCUT2D eigenvalue weighted by Gasteiger charge is -2.33. The summed E-state index contributed by atoms with van der Waals surface area (Å²) in [6, 6.07) is 9.56. The van der Waals surface area contributed by atoms with Crippen molar-refractivity contribution in [1.82, 2.24) is 15.1 Å². The summed E-state index contributed by atoms with van der Waals surface area (Å²) in [5.74, 6) is 0.456. The van der Waals surface area contributed by atoms with E-state index in [2.05, 4.69) is 34.5 Å². The van der Waals surface area contributed by atoms with Crippen molar-refractivity contribution < 1.29 is 9.59 Å². The number of carbonyl (C=O) groups is 2. The van der Waals surface area contributed by atoms with Gasteiger partial charge in [-0.05, 0) is 36.8 Å². The van der Waals surface area contributed by atoms with E-state index in [-0.39, 0.29) is 17.9 Å². The van der Waals surface area contributed by atoms with Gasteiger partial charge in [0.05, 0.1) is 0 Å². The number of fused-ring (bicyclic) bond motifs is 1. The minimum absolute atomic E-state index is 0.168. The molecule has 2 fully saturated rings. The Labute approximate surface area is 149 Å². The predicted octanol–water partition coefficient (Wildman–Crippen LogP) is 1.36. The first-order chi connectivity index (χ1) is 12.1. The first kappa shape index (κ1) is 16.6. The lowest BCUT2D eigenvalue weighted by molar-refractivity contribution is -0.130. The number of nitrogens with zero attached hydrogens (tertiary/aromatic N) is 2. The Morgan fingerprint density at radius 3 is 2.28 bits per heavy atom. The van der Waals surface area contributed by atoms with Crippen LogP contribution in [0.2, 0.25) is 0 Å². The minimum Gasteiger partial charge on any atom is -0.343 e. The normalized spacial score (nSPS) is 24.8. The van der Waals surface area contributed by atoms with Crippen LogP contribution in [0.25, 0.3) is 0 Å². The summed E-state index contributed by atoms with van der Waals surface area (Å²) in [6.07, 6.45) is 4.56. The SMILES string of the molecule is CC(=O)N1CCC(NC2CC(=O)N(C3Cc4ccccc4C3)C2)CC1. The van der Waals surface area contributed by atoms with Crippen LogP contribution in [-0.2, 0) is 22.4 Å². The average molecular weight is 341 g/mol. The van der Waals surface area contributed by atoms with Crippen molar-refractivity contribution in [1.29, 1.82) is 0 Å². The van der Waals surface area contributed by atoms with Crippen LogP contribution in [0.3, 0.4) is 0 Å². The molecule has 0 spiro atoms. The maximum absolute atomic E-state index is 12.5. The molecule has 0 saturated carbocycles. The molecule has 1 unspecified atom stereocenters. The second kappa shape index (κ2) is 6.79. The summed E-state index contributed by atoms with van der Waals surface area (Å²) < 4.78 is 0. The Bertz CT molecular complexity index is 642. The summed E-state index contributed by atoms with van der Waals surface area (Å²) in [5, 5.41) is 3.68. The van der Waals surface area contributed by atoms with Gasteiger partial charge in [-0.2, -0.15) is 0 Å². The van der Waals surface area contributed by atoms with E-state index in [1.54, 1.807) is 6.92 Å². The average Bonchev–Trinajstić information content (AvgIpc) is 3.18. The third-order valence-corrected chi connectivity index (χ3v) is 6.04. The Hall–Kier alpha value is -1.88. The van der Waals surface area contributed by atoms with Gasteiger partial charge in [-0.1, -0.05) is 24.3 Å². The predicted molar refractivity (Wildman–Crippen MR) is 96.2 cm³/mol. The molecule has 2 amide bonds. The molecule has 1 aromatic rings. The van der Waals surface area contributed by atoms with Crippen molar-refractivity contribution in [3.63, 3.8) is 0 Å². The van der Waals surface area contributed by atoms with Gasteiger partial charge in [-0.25, -0.2) is 0 Å². The number of carbonyl (C=O) groups excluding carboxylic acids is 2. The van der Waals surface area contributed by atoms with Crippen molar-refractivity contribution >= 4 is 11.8 Å². The molecule has 1 aliphatic carbocycles. The largest absolute Gasteiger partial charge is 0.343 e. The van der Waals surface area contributed by atoms with E-state index in [0.717, 1.165) is 45.3 Å². The second-order valence-electron chi connectivity index (χ2n) is 7.72. The van der Waals surface area contributed by atoms with E-state index < -0.39 is 0 Å². The third kappa shape index (κ3) is 3.43. The van der Waals surface area contributed by atoms with Gasteiger partial charge in [0, 0.05) is 51.1 Å². The Morgan fingerprint density at radius 1 is 1.04 bits per heavy atom. The molecule has 1 aromatic carbocycles. The molecule has 0 bridgehead atoms. The molecule has 5 nitrogen and oxygen atoms in total. The highest BCUT2D eigenvalue weighted by Gasteiger charge is 2.37. The lowest BCUT2D eigenvalue weighted by atomic mass is 10.0. The number of nitrogens with one attached hydrogen (secondary N) is 1. The van der Waals surface area contributed by atoms with E-state index in [4.69, 9.17) is 0 Å². The Balaban J connectivity index is 1.31. The molecule has 3 aliphatic rings. The van der Waals surface area contributed by atoms with Crippen LogP contribution in [-0.4, -0.2) is 59.4 Å². The highest BCUT2D eigenvalue weighted by Crippen LogP contribution is 2.28. The van der Waals surface area contributed by atoms with Gasteiger partial charge in [0.25, 0.3) is 0 Å². The monoisotopic (exact) mass is 341 g/mol. The summed E-state index contributed by atoms with van der Waals surface area (Å²) in [7, 11) is 0. The molecule has 0 aromatic heterocycles. The maximum atomic E-state index is 12.5. The molecule has 0 radical (unpaired) electrons. The molecule has 5 heteroatoms. The van der Waals surface area contributed by atoms with Crippen LogP contribution < -0.4 is 5.32 Å². The molecule has 2 aliphatic heterocycles. The number of piperidine rings is 1. The van der Waals surface area contributed by atoms with Gasteiger partial charge < -0.3 is 15.1 Å². The highest BCUT2D eigenvalue weighted by atomic mass is 16.2. The molecule has 1 N–H and O–H groups in total. The fourth-order valence-electron chi connectivity index (χ4n) is 4.65. The van der Waals surface area contributed by atoms with E-state index in [9.17, 15) is 9.59 Å². The smallest absolute Gasteiger partial charge is 0.224 e. The summed E-state index contributed by atoms with van der Waals surface area (Å²) >= 11 is 0. The standard InChI is InChI=1S/C20H27N3O2/c1-14(24)22-8-6-17(7-9-22)21-18-12-20(25)23(13-18)19-10-15-4-2-3-5-16(15)11-19/h2-5,17-19,21H,6-13H2,1H3. The van der Waals surface area contributed by atoms with Crippen LogP contribution in [0.1, 0.15) is 37.3 Å². The van der Waals surface area contributed by atoms with Crippen LogP contribution >= 0.6 is 0 Å². The number of rotatable bonds is 3.